The van der Waals surface area contributed by atoms with E-state index in [0.29, 0.717) is 26.1 Å². The number of ether oxygens (including phenoxy) is 1. The zero-order valence-corrected chi connectivity index (χ0v) is 16.6. The summed E-state index contributed by atoms with van der Waals surface area (Å²) in [6.45, 7) is 8.68. The lowest BCUT2D eigenvalue weighted by Gasteiger charge is -2.26. The normalized spacial score (nSPS) is 20.3. The molecule has 0 saturated heterocycles. The average Bonchev–Trinajstić information content (AvgIpc) is 3.43. The number of amides is 2. The predicted molar refractivity (Wildman–Crippen MR) is 105 cm³/mol. The van der Waals surface area contributed by atoms with E-state index in [1.165, 1.54) is 0 Å². The van der Waals surface area contributed by atoms with Gasteiger partial charge in [-0.1, -0.05) is 30.3 Å². The molecule has 0 heterocycles. The smallest absolute Gasteiger partial charge is 0.246 e. The number of carbonyl (C=O) groups is 2. The Bertz CT molecular complexity index is 678. The molecule has 0 radical (unpaired) electrons. The third-order valence-electron chi connectivity index (χ3n) is 5.07. The SMILES string of the molecule is C=[N+]([O-])OCCOCC(=O)NC[C@H]1C[C@]1(C(=O)N(CC)CC)c1ccccc1. The number of nitrogens with one attached hydrogen (secondary N) is 1. The Morgan fingerprint density at radius 3 is 2.57 bits per heavy atom. The minimum absolute atomic E-state index is 0.0262. The van der Waals surface area contributed by atoms with E-state index in [0.717, 1.165) is 5.56 Å². The van der Waals surface area contributed by atoms with Crippen molar-refractivity contribution in [1.82, 2.24) is 10.2 Å². The Morgan fingerprint density at radius 1 is 1.29 bits per heavy atom. The summed E-state index contributed by atoms with van der Waals surface area (Å²) in [6, 6.07) is 9.76. The van der Waals surface area contributed by atoms with Crippen molar-refractivity contribution in [2.75, 3.05) is 39.5 Å². The highest BCUT2D eigenvalue weighted by molar-refractivity contribution is 5.92. The molecule has 1 fully saturated rings. The summed E-state index contributed by atoms with van der Waals surface area (Å²) in [6.07, 6.45) is 0.712. The van der Waals surface area contributed by atoms with Crippen LogP contribution in [0.2, 0.25) is 0 Å². The van der Waals surface area contributed by atoms with Crippen LogP contribution in [0.3, 0.4) is 0 Å². The average molecular weight is 391 g/mol. The van der Waals surface area contributed by atoms with Gasteiger partial charge in [-0.15, -0.1) is 0 Å². The second-order valence-corrected chi connectivity index (χ2v) is 6.74. The van der Waals surface area contributed by atoms with E-state index in [1.807, 2.05) is 49.1 Å². The summed E-state index contributed by atoms with van der Waals surface area (Å²) in [5.41, 5.74) is 0.427. The number of rotatable bonds is 12. The Labute approximate surface area is 165 Å². The lowest BCUT2D eigenvalue weighted by molar-refractivity contribution is -0.736. The van der Waals surface area contributed by atoms with Crippen LogP contribution >= 0.6 is 0 Å². The molecule has 154 valence electrons. The van der Waals surface area contributed by atoms with Gasteiger partial charge in [0.1, 0.15) is 6.61 Å². The second kappa shape index (κ2) is 10.1. The minimum atomic E-state index is -0.568. The highest BCUT2D eigenvalue weighted by atomic mass is 16.9. The predicted octanol–water partition coefficient (Wildman–Crippen LogP) is 1.09. The van der Waals surface area contributed by atoms with Gasteiger partial charge in [-0.3, -0.25) is 14.8 Å². The molecule has 1 aromatic carbocycles. The molecule has 28 heavy (non-hydrogen) atoms. The van der Waals surface area contributed by atoms with E-state index in [1.54, 1.807) is 0 Å². The molecule has 0 unspecified atom stereocenters. The van der Waals surface area contributed by atoms with E-state index in [-0.39, 0.29) is 42.5 Å². The third-order valence-corrected chi connectivity index (χ3v) is 5.07. The van der Waals surface area contributed by atoms with E-state index in [9.17, 15) is 14.8 Å². The fourth-order valence-corrected chi connectivity index (χ4v) is 3.49. The first-order valence-electron chi connectivity index (χ1n) is 9.55. The van der Waals surface area contributed by atoms with Crippen molar-refractivity contribution in [1.29, 1.82) is 0 Å². The fourth-order valence-electron chi connectivity index (χ4n) is 3.49. The quantitative estimate of drug-likeness (QED) is 0.249. The van der Waals surface area contributed by atoms with Crippen molar-refractivity contribution in [3.63, 3.8) is 0 Å². The topological polar surface area (TPSA) is 93.9 Å². The van der Waals surface area contributed by atoms with Crippen molar-refractivity contribution < 1.29 is 24.1 Å². The first-order valence-corrected chi connectivity index (χ1v) is 9.55. The number of nitrogens with zero attached hydrogens (tertiary/aromatic N) is 2. The highest BCUT2D eigenvalue weighted by Gasteiger charge is 2.61. The van der Waals surface area contributed by atoms with Gasteiger partial charge in [-0.05, 0) is 31.7 Å². The molecule has 2 rings (SSSR count). The maximum absolute atomic E-state index is 13.2. The summed E-state index contributed by atoms with van der Waals surface area (Å²) in [7, 11) is 0. The summed E-state index contributed by atoms with van der Waals surface area (Å²) in [4.78, 5) is 31.6. The van der Waals surface area contributed by atoms with Crippen molar-refractivity contribution in [3.8, 4) is 0 Å². The van der Waals surface area contributed by atoms with Crippen molar-refractivity contribution in [3.05, 3.63) is 41.1 Å². The van der Waals surface area contributed by atoms with Crippen LogP contribution < -0.4 is 5.32 Å². The molecular formula is C20H29N3O5. The van der Waals surface area contributed by atoms with Gasteiger partial charge in [0.15, 0.2) is 6.72 Å². The van der Waals surface area contributed by atoms with Crippen LogP contribution in [-0.2, 0) is 24.6 Å². The zero-order chi connectivity index (χ0) is 20.6. The van der Waals surface area contributed by atoms with E-state index in [4.69, 9.17) is 4.74 Å². The lowest BCUT2D eigenvalue weighted by atomic mass is 9.91. The molecule has 0 aliphatic heterocycles. The van der Waals surface area contributed by atoms with Crippen LogP contribution in [0.15, 0.2) is 30.3 Å². The number of likely N-dealkylation sites (N-methyl/N-ethyl adjacent to an activating group) is 1. The second-order valence-electron chi connectivity index (χ2n) is 6.74. The van der Waals surface area contributed by atoms with Gasteiger partial charge >= 0.3 is 0 Å². The van der Waals surface area contributed by atoms with Gasteiger partial charge < -0.3 is 19.8 Å². The van der Waals surface area contributed by atoms with Crippen LogP contribution in [-0.4, -0.2) is 67.8 Å². The summed E-state index contributed by atoms with van der Waals surface area (Å²) in [5, 5.41) is 13.3. The maximum atomic E-state index is 13.2. The number of hydrogen-bond donors (Lipinski definition) is 1. The van der Waals surface area contributed by atoms with Crippen LogP contribution in [0, 0.1) is 11.1 Å². The first-order chi connectivity index (χ1) is 13.5. The molecule has 0 spiro atoms. The minimum Gasteiger partial charge on any atom is -0.401 e. The van der Waals surface area contributed by atoms with E-state index < -0.39 is 5.41 Å². The van der Waals surface area contributed by atoms with Crippen molar-refractivity contribution in [2.45, 2.75) is 25.7 Å². The summed E-state index contributed by atoms with van der Waals surface area (Å²) >= 11 is 0. The molecule has 8 heteroatoms. The zero-order valence-electron chi connectivity index (χ0n) is 16.6. The number of hydrogen-bond acceptors (Lipinski definition) is 5. The van der Waals surface area contributed by atoms with Crippen LogP contribution in [0.5, 0.6) is 0 Å². The van der Waals surface area contributed by atoms with Gasteiger partial charge in [-0.25, -0.2) is 0 Å². The molecule has 1 N–H and O–H groups in total. The Balaban J connectivity index is 1.90. The van der Waals surface area contributed by atoms with E-state index >= 15 is 0 Å². The Hall–Kier alpha value is -2.61. The molecule has 1 aliphatic rings. The fraction of sp³-hybridized carbons (Fsp3) is 0.550. The van der Waals surface area contributed by atoms with Gasteiger partial charge in [0.25, 0.3) is 0 Å². The largest absolute Gasteiger partial charge is 0.401 e. The molecule has 0 aromatic heterocycles. The molecule has 2 amide bonds. The highest BCUT2D eigenvalue weighted by Crippen LogP contribution is 2.55. The monoisotopic (exact) mass is 391 g/mol. The van der Waals surface area contributed by atoms with Gasteiger partial charge in [0, 0.05) is 24.5 Å². The third kappa shape index (κ3) is 5.22. The lowest BCUT2D eigenvalue weighted by Crippen LogP contribution is -2.41. The van der Waals surface area contributed by atoms with Crippen LogP contribution in [0.25, 0.3) is 0 Å². The summed E-state index contributed by atoms with van der Waals surface area (Å²) in [5.74, 6) is -0.0973. The van der Waals surface area contributed by atoms with Crippen LogP contribution in [0.4, 0.5) is 0 Å². The molecule has 1 aromatic rings. The molecule has 1 aliphatic carbocycles. The first kappa shape index (κ1) is 21.7. The Kier molecular flexibility index (Phi) is 7.80. The van der Waals surface area contributed by atoms with Gasteiger partial charge in [0.2, 0.25) is 11.8 Å². The van der Waals surface area contributed by atoms with Crippen LogP contribution in [0.1, 0.15) is 25.8 Å². The Morgan fingerprint density at radius 2 is 1.96 bits per heavy atom. The van der Waals surface area contributed by atoms with Gasteiger partial charge in [-0.2, -0.15) is 0 Å². The molecule has 8 nitrogen and oxygen atoms in total. The maximum Gasteiger partial charge on any atom is 0.246 e. The molecule has 1 saturated carbocycles. The molecular weight excluding hydrogens is 362 g/mol. The standard InChI is InChI=1S/C20H29N3O5/c1-4-23(5-2)19(25)20(16-9-7-6-8-10-16)13-17(20)14-21-18(24)15-27-11-12-28-22(3)26/h6-10,17H,3-5,11-15H2,1-2H3,(H,21,24)/t17-,20+/m1/s1. The van der Waals surface area contributed by atoms with Gasteiger partial charge in [0.05, 0.1) is 18.6 Å². The number of benzene rings is 1. The van der Waals surface area contributed by atoms with Crippen molar-refractivity contribution in [2.24, 2.45) is 5.92 Å². The molecule has 0 bridgehead atoms. The molecule has 2 atom stereocenters. The van der Waals surface area contributed by atoms with E-state index in [2.05, 4.69) is 16.9 Å². The summed E-state index contributed by atoms with van der Waals surface area (Å²) < 4.78 is 5.15. The number of carbonyl (C=O) groups excluding carboxylic acids is 2. The van der Waals surface area contributed by atoms with Crippen molar-refractivity contribution >= 4 is 18.5 Å².